The third-order valence-corrected chi connectivity index (χ3v) is 1.89. The van der Waals surface area contributed by atoms with Crippen LogP contribution in [0, 0.1) is 0 Å². The van der Waals surface area contributed by atoms with Gasteiger partial charge in [-0.2, -0.15) is 0 Å². The molecule has 0 spiro atoms. The Hall–Kier alpha value is -1.59. The molecule has 0 atom stereocenters. The fourth-order valence-corrected chi connectivity index (χ4v) is 1.06. The SMILES string of the molecule is CCCCOC(=O)ON1C(=O)CCC1=O. The van der Waals surface area contributed by atoms with Crippen molar-refractivity contribution in [2.75, 3.05) is 6.61 Å². The number of ether oxygens (including phenoxy) is 1. The molecule has 2 amide bonds. The van der Waals surface area contributed by atoms with Gasteiger partial charge in [-0.05, 0) is 6.42 Å². The Morgan fingerprint density at radius 2 is 1.93 bits per heavy atom. The summed E-state index contributed by atoms with van der Waals surface area (Å²) in [5, 5.41) is 0.467. The summed E-state index contributed by atoms with van der Waals surface area (Å²) in [5.74, 6) is -1.01. The Balaban J connectivity index is 2.31. The van der Waals surface area contributed by atoms with Crippen molar-refractivity contribution in [2.24, 2.45) is 0 Å². The molecule has 1 rings (SSSR count). The molecule has 1 fully saturated rings. The van der Waals surface area contributed by atoms with E-state index in [-0.39, 0.29) is 19.4 Å². The first-order chi connectivity index (χ1) is 7.15. The highest BCUT2D eigenvalue weighted by molar-refractivity contribution is 6.01. The fourth-order valence-electron chi connectivity index (χ4n) is 1.06. The molecule has 0 radical (unpaired) electrons. The second-order valence-corrected chi connectivity index (χ2v) is 3.13. The van der Waals surface area contributed by atoms with E-state index < -0.39 is 18.0 Å². The fraction of sp³-hybridized carbons (Fsp3) is 0.667. The molecule has 0 aromatic rings. The minimum absolute atomic E-state index is 0.0844. The maximum absolute atomic E-state index is 11.0. The molecule has 1 aliphatic heterocycles. The number of rotatable bonds is 4. The zero-order chi connectivity index (χ0) is 11.3. The zero-order valence-corrected chi connectivity index (χ0v) is 8.52. The van der Waals surface area contributed by atoms with Crippen LogP contribution in [0.2, 0.25) is 0 Å². The molecular weight excluding hydrogens is 202 g/mol. The van der Waals surface area contributed by atoms with E-state index in [0.29, 0.717) is 5.06 Å². The largest absolute Gasteiger partial charge is 0.533 e. The maximum Gasteiger partial charge on any atom is 0.533 e. The summed E-state index contributed by atoms with van der Waals surface area (Å²) in [4.78, 5) is 37.5. The number of carbonyl (C=O) groups excluding carboxylic acids is 3. The molecule has 0 aromatic carbocycles. The van der Waals surface area contributed by atoms with Crippen molar-refractivity contribution in [1.82, 2.24) is 5.06 Å². The Morgan fingerprint density at radius 1 is 1.33 bits per heavy atom. The summed E-state index contributed by atoms with van der Waals surface area (Å²) in [6.07, 6.45) is 0.764. The minimum Gasteiger partial charge on any atom is -0.433 e. The molecule has 1 saturated heterocycles. The molecule has 0 bridgehead atoms. The number of imide groups is 1. The van der Waals surface area contributed by atoms with Crippen molar-refractivity contribution in [3.05, 3.63) is 0 Å². The predicted octanol–water partition coefficient (Wildman–Crippen LogP) is 1.00. The lowest BCUT2D eigenvalue weighted by Crippen LogP contribution is -2.32. The lowest BCUT2D eigenvalue weighted by Gasteiger charge is -2.11. The lowest BCUT2D eigenvalue weighted by atomic mass is 10.4. The van der Waals surface area contributed by atoms with Crippen molar-refractivity contribution in [2.45, 2.75) is 32.6 Å². The normalized spacial score (nSPS) is 15.7. The number of carbonyl (C=O) groups is 3. The van der Waals surface area contributed by atoms with E-state index in [0.717, 1.165) is 12.8 Å². The summed E-state index contributed by atoms with van der Waals surface area (Å²) in [6.45, 7) is 2.17. The van der Waals surface area contributed by atoms with Gasteiger partial charge in [0.15, 0.2) is 0 Å². The molecule has 6 nitrogen and oxygen atoms in total. The third kappa shape index (κ3) is 3.23. The molecule has 1 aliphatic rings. The van der Waals surface area contributed by atoms with Gasteiger partial charge < -0.3 is 4.74 Å². The summed E-state index contributed by atoms with van der Waals surface area (Å²) in [6, 6.07) is 0. The van der Waals surface area contributed by atoms with Crippen molar-refractivity contribution in [3.63, 3.8) is 0 Å². The van der Waals surface area contributed by atoms with Crippen molar-refractivity contribution in [1.29, 1.82) is 0 Å². The molecule has 0 unspecified atom stereocenters. The van der Waals surface area contributed by atoms with Crippen LogP contribution >= 0.6 is 0 Å². The van der Waals surface area contributed by atoms with Gasteiger partial charge in [-0.1, -0.05) is 18.4 Å². The second-order valence-electron chi connectivity index (χ2n) is 3.13. The molecule has 0 N–H and O–H groups in total. The second kappa shape index (κ2) is 5.33. The van der Waals surface area contributed by atoms with Crippen molar-refractivity contribution >= 4 is 18.0 Å². The van der Waals surface area contributed by atoms with Crippen LogP contribution < -0.4 is 0 Å². The van der Waals surface area contributed by atoms with Crippen LogP contribution in [0.4, 0.5) is 4.79 Å². The van der Waals surface area contributed by atoms with Gasteiger partial charge >= 0.3 is 6.16 Å². The van der Waals surface area contributed by atoms with Crippen LogP contribution in [0.1, 0.15) is 32.6 Å². The average Bonchev–Trinajstić information content (AvgIpc) is 2.50. The van der Waals surface area contributed by atoms with Gasteiger partial charge in [-0.25, -0.2) is 4.79 Å². The van der Waals surface area contributed by atoms with Crippen LogP contribution in [0.15, 0.2) is 0 Å². The topological polar surface area (TPSA) is 72.9 Å². The smallest absolute Gasteiger partial charge is 0.433 e. The first-order valence-electron chi connectivity index (χ1n) is 4.85. The number of hydrogen-bond acceptors (Lipinski definition) is 5. The van der Waals surface area contributed by atoms with Crippen LogP contribution in [0.25, 0.3) is 0 Å². The van der Waals surface area contributed by atoms with Gasteiger partial charge in [0.25, 0.3) is 11.8 Å². The molecule has 15 heavy (non-hydrogen) atoms. The van der Waals surface area contributed by atoms with E-state index in [9.17, 15) is 14.4 Å². The molecule has 0 aromatic heterocycles. The molecule has 84 valence electrons. The summed E-state index contributed by atoms with van der Waals surface area (Å²) >= 11 is 0. The highest BCUT2D eigenvalue weighted by atomic mass is 16.8. The molecule has 0 saturated carbocycles. The van der Waals surface area contributed by atoms with E-state index in [4.69, 9.17) is 0 Å². The number of hydrogen-bond donors (Lipinski definition) is 0. The van der Waals surface area contributed by atoms with Crippen molar-refractivity contribution in [3.8, 4) is 0 Å². The number of nitrogens with zero attached hydrogens (tertiary/aromatic N) is 1. The first-order valence-corrected chi connectivity index (χ1v) is 4.85. The summed E-state index contributed by atoms with van der Waals surface area (Å²) in [5.41, 5.74) is 0. The minimum atomic E-state index is -1.01. The maximum atomic E-state index is 11.0. The Morgan fingerprint density at radius 3 is 2.47 bits per heavy atom. The van der Waals surface area contributed by atoms with Crippen LogP contribution in [-0.2, 0) is 19.2 Å². The standard InChI is InChI=1S/C9H13NO5/c1-2-3-6-14-9(13)15-10-7(11)4-5-8(10)12/h2-6H2,1H3. The van der Waals surface area contributed by atoms with Crippen LogP contribution in [-0.4, -0.2) is 29.6 Å². The van der Waals surface area contributed by atoms with E-state index >= 15 is 0 Å². The highest BCUT2D eigenvalue weighted by Gasteiger charge is 2.33. The molecular formula is C9H13NO5. The monoisotopic (exact) mass is 215 g/mol. The quantitative estimate of drug-likeness (QED) is 0.397. The van der Waals surface area contributed by atoms with Crippen LogP contribution in [0.3, 0.4) is 0 Å². The van der Waals surface area contributed by atoms with Gasteiger partial charge in [0.05, 0.1) is 6.61 Å². The number of amides is 2. The molecule has 1 heterocycles. The van der Waals surface area contributed by atoms with Gasteiger partial charge in [0.1, 0.15) is 0 Å². The molecule has 0 aliphatic carbocycles. The third-order valence-electron chi connectivity index (χ3n) is 1.89. The van der Waals surface area contributed by atoms with E-state index in [1.807, 2.05) is 6.92 Å². The molecule has 6 heteroatoms. The van der Waals surface area contributed by atoms with E-state index in [1.54, 1.807) is 0 Å². The Bertz CT molecular complexity index is 260. The van der Waals surface area contributed by atoms with E-state index in [1.165, 1.54) is 0 Å². The Kier molecular flexibility index (Phi) is 4.08. The van der Waals surface area contributed by atoms with E-state index in [2.05, 4.69) is 9.57 Å². The summed E-state index contributed by atoms with van der Waals surface area (Å²) < 4.78 is 4.63. The van der Waals surface area contributed by atoms with Gasteiger partial charge in [-0.3, -0.25) is 14.4 Å². The lowest BCUT2D eigenvalue weighted by molar-refractivity contribution is -0.177. The van der Waals surface area contributed by atoms with Crippen molar-refractivity contribution < 1.29 is 24.0 Å². The highest BCUT2D eigenvalue weighted by Crippen LogP contribution is 2.12. The van der Waals surface area contributed by atoms with Gasteiger partial charge in [-0.15, -0.1) is 0 Å². The number of hydroxylamine groups is 2. The summed E-state index contributed by atoms with van der Waals surface area (Å²) in [7, 11) is 0. The number of unbranched alkanes of at least 4 members (excludes halogenated alkanes) is 1. The zero-order valence-electron chi connectivity index (χ0n) is 8.52. The average molecular weight is 215 g/mol. The van der Waals surface area contributed by atoms with Crippen LogP contribution in [0.5, 0.6) is 0 Å². The predicted molar refractivity (Wildman–Crippen MR) is 48.4 cm³/mol. The van der Waals surface area contributed by atoms with Gasteiger partial charge in [0, 0.05) is 12.8 Å². The Labute approximate surface area is 87.1 Å². The first kappa shape index (κ1) is 11.5. The van der Waals surface area contributed by atoms with Gasteiger partial charge in [0.2, 0.25) is 0 Å².